The van der Waals surface area contributed by atoms with E-state index in [-0.39, 0.29) is 18.2 Å². The summed E-state index contributed by atoms with van der Waals surface area (Å²) in [7, 11) is 4.25. The summed E-state index contributed by atoms with van der Waals surface area (Å²) in [6.45, 7) is 7.88. The zero-order chi connectivity index (χ0) is 28.2. The van der Waals surface area contributed by atoms with Crippen molar-refractivity contribution < 1.29 is 9.53 Å². The van der Waals surface area contributed by atoms with Gasteiger partial charge in [-0.15, -0.1) is 11.3 Å². The first-order valence-electron chi connectivity index (χ1n) is 14.6. The van der Waals surface area contributed by atoms with Gasteiger partial charge in [0.15, 0.2) is 0 Å². The van der Waals surface area contributed by atoms with Crippen molar-refractivity contribution in [3.63, 3.8) is 0 Å². The van der Waals surface area contributed by atoms with E-state index in [1.165, 1.54) is 16.7 Å². The monoisotopic (exact) mass is 558 g/mol. The Kier molecular flexibility index (Phi) is 8.91. The SMILES string of the molecule is CCC=Cc1cc(-c2ncc(-c3cccc4c3CCC4NC(=O)N3CCC(N(C)C)CC3)s2)ccc1OC(C)C. The van der Waals surface area contributed by atoms with Gasteiger partial charge in [-0.1, -0.05) is 37.3 Å². The number of carbonyl (C=O) groups excluding carboxylic acids is 1. The van der Waals surface area contributed by atoms with Crippen molar-refractivity contribution >= 4 is 23.4 Å². The molecule has 1 aromatic heterocycles. The number of ether oxygens (including phenoxy) is 1. The van der Waals surface area contributed by atoms with E-state index in [0.717, 1.165) is 72.0 Å². The third-order valence-electron chi connectivity index (χ3n) is 7.97. The largest absolute Gasteiger partial charge is 0.490 e. The number of benzene rings is 2. The fourth-order valence-corrected chi connectivity index (χ4v) is 6.78. The van der Waals surface area contributed by atoms with Crippen molar-refractivity contribution in [2.24, 2.45) is 0 Å². The third kappa shape index (κ3) is 6.26. The Morgan fingerprint density at radius 2 is 2.00 bits per heavy atom. The molecule has 5 rings (SSSR count). The van der Waals surface area contributed by atoms with Gasteiger partial charge in [0.2, 0.25) is 0 Å². The third-order valence-corrected chi connectivity index (χ3v) is 9.05. The lowest BCUT2D eigenvalue weighted by Gasteiger charge is -2.35. The second-order valence-corrected chi connectivity index (χ2v) is 12.4. The van der Waals surface area contributed by atoms with E-state index in [1.54, 1.807) is 11.3 Å². The average Bonchev–Trinajstić information content (AvgIpc) is 3.60. The van der Waals surface area contributed by atoms with Crippen LogP contribution in [-0.2, 0) is 6.42 Å². The molecule has 1 N–H and O–H groups in total. The summed E-state index contributed by atoms with van der Waals surface area (Å²) < 4.78 is 6.05. The number of piperidine rings is 1. The molecule has 1 unspecified atom stereocenters. The standard InChI is InChI=1S/C33H42N4O2S/c1-6-7-9-23-20-24(12-15-30(23)39-22(2)3)32-34-21-31(40-32)28-11-8-10-27-26(28)13-14-29(27)35-33(38)37-18-16-25(17-19-37)36(4)5/h7-12,15,20-22,25,29H,6,13-14,16-19H2,1-5H3,(H,35,38). The van der Waals surface area contributed by atoms with Crippen molar-refractivity contribution in [2.75, 3.05) is 27.2 Å². The van der Waals surface area contributed by atoms with Gasteiger partial charge in [-0.05, 0) is 94.9 Å². The normalized spacial score (nSPS) is 17.7. The number of urea groups is 1. The average molecular weight is 559 g/mol. The Labute approximate surface area is 243 Å². The molecule has 2 aromatic carbocycles. The highest BCUT2D eigenvalue weighted by molar-refractivity contribution is 7.18. The van der Waals surface area contributed by atoms with Crippen LogP contribution in [0, 0.1) is 0 Å². The van der Waals surface area contributed by atoms with E-state index in [0.29, 0.717) is 6.04 Å². The number of fused-ring (bicyclic) bond motifs is 1. The number of amides is 2. The van der Waals surface area contributed by atoms with Gasteiger partial charge in [-0.3, -0.25) is 0 Å². The van der Waals surface area contributed by atoms with Crippen molar-refractivity contribution in [3.8, 4) is 26.8 Å². The molecule has 1 fully saturated rings. The molecule has 1 aliphatic carbocycles. The van der Waals surface area contributed by atoms with E-state index in [9.17, 15) is 4.79 Å². The van der Waals surface area contributed by atoms with Gasteiger partial charge in [0.1, 0.15) is 10.8 Å². The number of aromatic nitrogens is 1. The molecule has 1 atom stereocenters. The fraction of sp³-hybridized carbons (Fsp3) is 0.455. The zero-order valence-electron chi connectivity index (χ0n) is 24.4. The maximum absolute atomic E-state index is 13.1. The van der Waals surface area contributed by atoms with Crippen molar-refractivity contribution in [1.29, 1.82) is 0 Å². The van der Waals surface area contributed by atoms with Crippen LogP contribution in [0.4, 0.5) is 4.79 Å². The minimum atomic E-state index is 0.0582. The number of likely N-dealkylation sites (tertiary alicyclic amines) is 1. The van der Waals surface area contributed by atoms with Gasteiger partial charge in [0, 0.05) is 36.5 Å². The highest BCUT2D eigenvalue weighted by Gasteiger charge is 2.30. The van der Waals surface area contributed by atoms with Crippen LogP contribution in [0.15, 0.2) is 48.7 Å². The van der Waals surface area contributed by atoms with Crippen LogP contribution >= 0.6 is 11.3 Å². The predicted molar refractivity (Wildman–Crippen MR) is 166 cm³/mol. The van der Waals surface area contributed by atoms with Gasteiger partial charge in [-0.25, -0.2) is 9.78 Å². The molecule has 2 amide bonds. The van der Waals surface area contributed by atoms with Gasteiger partial charge in [0.05, 0.1) is 17.0 Å². The highest BCUT2D eigenvalue weighted by atomic mass is 32.1. The number of allylic oxidation sites excluding steroid dienone is 1. The molecule has 7 heteroatoms. The van der Waals surface area contributed by atoms with E-state index in [4.69, 9.17) is 9.72 Å². The molecule has 0 saturated carbocycles. The smallest absolute Gasteiger partial charge is 0.317 e. The van der Waals surface area contributed by atoms with Gasteiger partial charge >= 0.3 is 6.03 Å². The molecule has 0 radical (unpaired) electrons. The number of nitrogens with one attached hydrogen (secondary N) is 1. The number of rotatable bonds is 8. The maximum atomic E-state index is 13.1. The number of hydrogen-bond donors (Lipinski definition) is 1. The first kappa shape index (κ1) is 28.4. The zero-order valence-corrected chi connectivity index (χ0v) is 25.3. The molecule has 2 heterocycles. The minimum Gasteiger partial charge on any atom is -0.490 e. The van der Waals surface area contributed by atoms with Crippen molar-refractivity contribution in [1.82, 2.24) is 20.1 Å². The summed E-state index contributed by atoms with van der Waals surface area (Å²) in [4.78, 5) is 23.4. The molecule has 3 aromatic rings. The number of carbonyl (C=O) groups is 1. The Hall–Kier alpha value is -3.16. The summed E-state index contributed by atoms with van der Waals surface area (Å²) in [5.74, 6) is 0.899. The Morgan fingerprint density at radius 1 is 1.20 bits per heavy atom. The summed E-state index contributed by atoms with van der Waals surface area (Å²) >= 11 is 1.72. The lowest BCUT2D eigenvalue weighted by atomic mass is 10.0. The highest BCUT2D eigenvalue weighted by Crippen LogP contribution is 2.41. The molecular formula is C33H42N4O2S. The molecule has 212 valence electrons. The molecule has 6 nitrogen and oxygen atoms in total. The topological polar surface area (TPSA) is 57.7 Å². The minimum absolute atomic E-state index is 0.0582. The lowest BCUT2D eigenvalue weighted by Crippen LogP contribution is -2.48. The molecule has 1 saturated heterocycles. The molecule has 1 aliphatic heterocycles. The lowest BCUT2D eigenvalue weighted by molar-refractivity contribution is 0.146. The molecule has 0 spiro atoms. The van der Waals surface area contributed by atoms with Crippen molar-refractivity contribution in [2.45, 2.75) is 71.1 Å². The Morgan fingerprint density at radius 3 is 2.73 bits per heavy atom. The van der Waals surface area contributed by atoms with Gasteiger partial charge < -0.3 is 19.9 Å². The van der Waals surface area contributed by atoms with Crippen LogP contribution in [0.5, 0.6) is 5.75 Å². The van der Waals surface area contributed by atoms with Crippen LogP contribution in [0.1, 0.15) is 69.2 Å². The van der Waals surface area contributed by atoms with E-state index >= 15 is 0 Å². The van der Waals surface area contributed by atoms with Crippen molar-refractivity contribution in [3.05, 3.63) is 65.4 Å². The molecule has 0 bridgehead atoms. The van der Waals surface area contributed by atoms with Crippen LogP contribution in [-0.4, -0.2) is 60.1 Å². The van der Waals surface area contributed by atoms with E-state index in [1.807, 2.05) is 11.1 Å². The number of hydrogen-bond acceptors (Lipinski definition) is 5. The second-order valence-electron chi connectivity index (χ2n) is 11.4. The van der Waals surface area contributed by atoms with Crippen LogP contribution in [0.2, 0.25) is 0 Å². The first-order chi connectivity index (χ1) is 19.3. The molecule has 40 heavy (non-hydrogen) atoms. The maximum Gasteiger partial charge on any atom is 0.317 e. The Bertz CT molecular complexity index is 1350. The summed E-state index contributed by atoms with van der Waals surface area (Å²) in [5.41, 5.74) is 5.98. The molecular weight excluding hydrogens is 516 g/mol. The Balaban J connectivity index is 1.33. The number of thiazole rings is 1. The van der Waals surface area contributed by atoms with Gasteiger partial charge in [-0.2, -0.15) is 0 Å². The fourth-order valence-electron chi connectivity index (χ4n) is 5.81. The summed E-state index contributed by atoms with van der Waals surface area (Å²) in [6.07, 6.45) is 11.3. The van der Waals surface area contributed by atoms with E-state index < -0.39 is 0 Å². The number of nitrogens with zero attached hydrogens (tertiary/aromatic N) is 3. The summed E-state index contributed by atoms with van der Waals surface area (Å²) in [6, 6.07) is 13.5. The quantitative estimate of drug-likeness (QED) is 0.313. The second kappa shape index (κ2) is 12.6. The summed E-state index contributed by atoms with van der Waals surface area (Å²) in [5, 5.41) is 4.34. The predicted octanol–water partition coefficient (Wildman–Crippen LogP) is 7.41. The van der Waals surface area contributed by atoms with Crippen LogP contribution in [0.3, 0.4) is 0 Å². The van der Waals surface area contributed by atoms with E-state index in [2.05, 4.69) is 93.6 Å². The van der Waals surface area contributed by atoms with Crippen LogP contribution < -0.4 is 10.1 Å². The first-order valence-corrected chi connectivity index (χ1v) is 15.4. The van der Waals surface area contributed by atoms with Gasteiger partial charge in [0.25, 0.3) is 0 Å². The molecule has 2 aliphatic rings. The van der Waals surface area contributed by atoms with Crippen LogP contribution in [0.25, 0.3) is 27.1 Å².